The lowest BCUT2D eigenvalue weighted by atomic mass is 10.2. The minimum absolute atomic E-state index is 0.784. The Morgan fingerprint density at radius 1 is 0.960 bits per heavy atom. The Labute approximate surface area is 151 Å². The summed E-state index contributed by atoms with van der Waals surface area (Å²) >= 11 is 6.32. The van der Waals surface area contributed by atoms with Crippen molar-refractivity contribution in [1.82, 2.24) is 19.7 Å². The number of aromatic nitrogens is 4. The van der Waals surface area contributed by atoms with E-state index in [1.807, 2.05) is 43.6 Å². The van der Waals surface area contributed by atoms with Crippen molar-refractivity contribution in [2.45, 2.75) is 6.92 Å². The van der Waals surface area contributed by atoms with Crippen molar-refractivity contribution < 1.29 is 0 Å². The van der Waals surface area contributed by atoms with E-state index in [0.717, 1.165) is 54.1 Å². The first-order chi connectivity index (χ1) is 12.2. The normalized spacial score (nSPS) is 14.8. The summed E-state index contributed by atoms with van der Waals surface area (Å²) in [5.74, 6) is 1.71. The molecule has 25 heavy (non-hydrogen) atoms. The largest absolute Gasteiger partial charge is 0.367 e. The number of piperazine rings is 1. The van der Waals surface area contributed by atoms with Gasteiger partial charge in [0.1, 0.15) is 12.1 Å². The van der Waals surface area contributed by atoms with Crippen molar-refractivity contribution in [3.8, 4) is 5.82 Å². The fraction of sp³-hybridized carbons (Fsp3) is 0.278. The number of aryl methyl sites for hydroxylation is 1. The molecule has 1 aliphatic heterocycles. The molecule has 1 fully saturated rings. The fourth-order valence-corrected chi connectivity index (χ4v) is 3.31. The van der Waals surface area contributed by atoms with Crippen molar-refractivity contribution in [2.24, 2.45) is 0 Å². The second kappa shape index (κ2) is 6.72. The van der Waals surface area contributed by atoms with Crippen LogP contribution in [-0.4, -0.2) is 45.9 Å². The zero-order valence-electron chi connectivity index (χ0n) is 14.0. The van der Waals surface area contributed by atoms with E-state index in [0.29, 0.717) is 0 Å². The molecule has 3 heterocycles. The average Bonchev–Trinajstić information content (AvgIpc) is 3.09. The smallest absolute Gasteiger partial charge is 0.158 e. The predicted molar refractivity (Wildman–Crippen MR) is 99.8 cm³/mol. The van der Waals surface area contributed by atoms with Gasteiger partial charge in [0.15, 0.2) is 5.82 Å². The first-order valence-corrected chi connectivity index (χ1v) is 8.66. The predicted octanol–water partition coefficient (Wildman–Crippen LogP) is 2.95. The summed E-state index contributed by atoms with van der Waals surface area (Å²) in [6, 6.07) is 9.97. The lowest BCUT2D eigenvalue weighted by molar-refractivity contribution is 0.646. The molecule has 0 amide bonds. The first kappa shape index (κ1) is 15.9. The Morgan fingerprint density at radius 2 is 1.68 bits per heavy atom. The third-order valence-corrected chi connectivity index (χ3v) is 4.70. The molecule has 0 spiro atoms. The average molecular weight is 355 g/mol. The Bertz CT molecular complexity index is 869. The number of halogens is 1. The number of rotatable bonds is 3. The second-order valence-corrected chi connectivity index (χ2v) is 6.53. The molecule has 128 valence electrons. The number of anilines is 2. The van der Waals surface area contributed by atoms with Crippen LogP contribution in [-0.2, 0) is 0 Å². The molecule has 2 aromatic heterocycles. The minimum atomic E-state index is 0.784. The topological polar surface area (TPSA) is 50.1 Å². The highest BCUT2D eigenvalue weighted by Crippen LogP contribution is 2.27. The molecule has 6 nitrogen and oxygen atoms in total. The van der Waals surface area contributed by atoms with Gasteiger partial charge in [-0.3, -0.25) is 0 Å². The Kier molecular flexibility index (Phi) is 4.28. The van der Waals surface area contributed by atoms with E-state index in [1.54, 1.807) is 11.0 Å². The highest BCUT2D eigenvalue weighted by molar-refractivity contribution is 6.33. The van der Waals surface area contributed by atoms with Crippen LogP contribution < -0.4 is 9.80 Å². The molecule has 1 saturated heterocycles. The highest BCUT2D eigenvalue weighted by atomic mass is 35.5. The van der Waals surface area contributed by atoms with Crippen molar-refractivity contribution in [1.29, 1.82) is 0 Å². The van der Waals surface area contributed by atoms with E-state index >= 15 is 0 Å². The molecule has 0 saturated carbocycles. The van der Waals surface area contributed by atoms with Gasteiger partial charge in [-0.05, 0) is 24.6 Å². The monoisotopic (exact) mass is 354 g/mol. The summed E-state index contributed by atoms with van der Waals surface area (Å²) in [5, 5.41) is 5.12. The number of hydrogen-bond donors (Lipinski definition) is 0. The molecule has 0 radical (unpaired) electrons. The summed E-state index contributed by atoms with van der Waals surface area (Å²) in [4.78, 5) is 13.4. The molecule has 4 rings (SSSR count). The van der Waals surface area contributed by atoms with Crippen LogP contribution in [0.1, 0.15) is 5.56 Å². The molecule has 0 aliphatic carbocycles. The maximum atomic E-state index is 6.32. The van der Waals surface area contributed by atoms with Gasteiger partial charge in [-0.25, -0.2) is 14.6 Å². The molecular formula is C18H19ClN6. The molecule has 3 aromatic rings. The van der Waals surface area contributed by atoms with E-state index in [1.165, 1.54) is 0 Å². The van der Waals surface area contributed by atoms with Crippen LogP contribution in [0.25, 0.3) is 5.82 Å². The Morgan fingerprint density at radius 3 is 2.40 bits per heavy atom. The van der Waals surface area contributed by atoms with Gasteiger partial charge in [0, 0.05) is 38.4 Å². The van der Waals surface area contributed by atoms with E-state index < -0.39 is 0 Å². The standard InChI is InChI=1S/C18H19ClN6/c1-14-11-22-25(12-14)18-10-17(20-13-21-18)24-8-6-23(7-9-24)16-5-3-2-4-15(16)19/h2-5,10-13H,6-9H2,1H3. The van der Waals surface area contributed by atoms with Crippen LogP contribution >= 0.6 is 11.6 Å². The molecule has 1 aliphatic rings. The molecule has 0 atom stereocenters. The van der Waals surface area contributed by atoms with Crippen LogP contribution in [0.15, 0.2) is 49.1 Å². The van der Waals surface area contributed by atoms with E-state index in [-0.39, 0.29) is 0 Å². The van der Waals surface area contributed by atoms with Crippen LogP contribution in [0.3, 0.4) is 0 Å². The van der Waals surface area contributed by atoms with Gasteiger partial charge in [0.25, 0.3) is 0 Å². The van der Waals surface area contributed by atoms with Gasteiger partial charge in [-0.2, -0.15) is 5.10 Å². The number of benzene rings is 1. The molecule has 0 N–H and O–H groups in total. The first-order valence-electron chi connectivity index (χ1n) is 8.29. The number of nitrogens with zero attached hydrogens (tertiary/aromatic N) is 6. The third-order valence-electron chi connectivity index (χ3n) is 4.38. The molecule has 0 unspecified atom stereocenters. The summed E-state index contributed by atoms with van der Waals surface area (Å²) in [6.07, 6.45) is 5.38. The number of hydrogen-bond acceptors (Lipinski definition) is 5. The highest BCUT2D eigenvalue weighted by Gasteiger charge is 2.20. The second-order valence-electron chi connectivity index (χ2n) is 6.12. The quantitative estimate of drug-likeness (QED) is 0.723. The molecular weight excluding hydrogens is 336 g/mol. The number of para-hydroxylation sites is 1. The van der Waals surface area contributed by atoms with Crippen molar-refractivity contribution >= 4 is 23.1 Å². The maximum absolute atomic E-state index is 6.32. The van der Waals surface area contributed by atoms with Gasteiger partial charge >= 0.3 is 0 Å². The maximum Gasteiger partial charge on any atom is 0.158 e. The van der Waals surface area contributed by atoms with Crippen LogP contribution in [0.4, 0.5) is 11.5 Å². The van der Waals surface area contributed by atoms with Gasteiger partial charge in [0.05, 0.1) is 16.9 Å². The lowest BCUT2D eigenvalue weighted by Crippen LogP contribution is -2.47. The zero-order valence-corrected chi connectivity index (χ0v) is 14.8. The third kappa shape index (κ3) is 3.30. The van der Waals surface area contributed by atoms with Crippen molar-refractivity contribution in [3.63, 3.8) is 0 Å². The van der Waals surface area contributed by atoms with Gasteiger partial charge < -0.3 is 9.80 Å². The Hall–Kier alpha value is -2.60. The summed E-state index contributed by atoms with van der Waals surface area (Å²) in [5.41, 5.74) is 2.20. The van der Waals surface area contributed by atoms with Crippen LogP contribution in [0.2, 0.25) is 5.02 Å². The van der Waals surface area contributed by atoms with E-state index in [2.05, 4.69) is 30.9 Å². The summed E-state index contributed by atoms with van der Waals surface area (Å²) in [6.45, 7) is 5.60. The summed E-state index contributed by atoms with van der Waals surface area (Å²) < 4.78 is 1.78. The van der Waals surface area contributed by atoms with Crippen molar-refractivity contribution in [3.05, 3.63) is 59.6 Å². The molecule has 0 bridgehead atoms. The van der Waals surface area contributed by atoms with Crippen molar-refractivity contribution in [2.75, 3.05) is 36.0 Å². The van der Waals surface area contributed by atoms with Crippen LogP contribution in [0.5, 0.6) is 0 Å². The van der Waals surface area contributed by atoms with E-state index in [9.17, 15) is 0 Å². The van der Waals surface area contributed by atoms with Gasteiger partial charge in [-0.1, -0.05) is 23.7 Å². The Balaban J connectivity index is 1.49. The molecule has 1 aromatic carbocycles. The minimum Gasteiger partial charge on any atom is -0.367 e. The van der Waals surface area contributed by atoms with Gasteiger partial charge in [-0.15, -0.1) is 0 Å². The fourth-order valence-electron chi connectivity index (χ4n) is 3.06. The zero-order chi connectivity index (χ0) is 17.2. The lowest BCUT2D eigenvalue weighted by Gasteiger charge is -2.37. The summed E-state index contributed by atoms with van der Waals surface area (Å²) in [7, 11) is 0. The van der Waals surface area contributed by atoms with Crippen LogP contribution in [0, 0.1) is 6.92 Å². The SMILES string of the molecule is Cc1cnn(-c2cc(N3CCN(c4ccccc4Cl)CC3)ncn2)c1. The van der Waals surface area contributed by atoms with E-state index in [4.69, 9.17) is 11.6 Å². The molecule has 7 heteroatoms. The van der Waals surface area contributed by atoms with Gasteiger partial charge in [0.2, 0.25) is 0 Å².